The van der Waals surface area contributed by atoms with Gasteiger partial charge in [-0.1, -0.05) is 12.1 Å². The molecule has 102 valence electrons. The summed E-state index contributed by atoms with van der Waals surface area (Å²) in [5.74, 6) is 4.99. The van der Waals surface area contributed by atoms with Crippen molar-refractivity contribution in [2.45, 2.75) is 0 Å². The Morgan fingerprint density at radius 3 is 2.43 bits per heavy atom. The van der Waals surface area contributed by atoms with Gasteiger partial charge in [0, 0.05) is 5.69 Å². The fourth-order valence-corrected chi connectivity index (χ4v) is 1.82. The number of nitrogens with zero attached hydrogens (tertiary/aromatic N) is 2. The van der Waals surface area contributed by atoms with E-state index in [-0.39, 0.29) is 17.0 Å². The lowest BCUT2D eigenvalue weighted by atomic mass is 10.1. The second-order valence-corrected chi connectivity index (χ2v) is 4.13. The zero-order chi connectivity index (χ0) is 15.2. The van der Waals surface area contributed by atoms with E-state index >= 15 is 0 Å². The first-order valence-corrected chi connectivity index (χ1v) is 6.01. The zero-order valence-corrected chi connectivity index (χ0v) is 10.9. The van der Waals surface area contributed by atoms with Crippen LogP contribution in [0.15, 0.2) is 42.5 Å². The number of nitrogens with two attached hydrogens (primary N) is 1. The highest BCUT2D eigenvalue weighted by molar-refractivity contribution is 6.08. The highest BCUT2D eigenvalue weighted by Gasteiger charge is 2.11. The third kappa shape index (κ3) is 2.98. The Bertz CT molecular complexity index is 770. The zero-order valence-electron chi connectivity index (χ0n) is 10.9. The molecule has 6 nitrogen and oxygen atoms in total. The number of para-hydroxylation sites is 1. The van der Waals surface area contributed by atoms with Crippen LogP contribution in [0.1, 0.15) is 21.5 Å². The van der Waals surface area contributed by atoms with Crippen molar-refractivity contribution in [2.75, 3.05) is 10.7 Å². The van der Waals surface area contributed by atoms with Crippen LogP contribution >= 0.6 is 0 Å². The summed E-state index contributed by atoms with van der Waals surface area (Å²) in [4.78, 5) is 12.2. The number of hydrazine groups is 1. The van der Waals surface area contributed by atoms with E-state index in [1.165, 1.54) is 12.1 Å². The molecule has 1 amide bonds. The highest BCUT2D eigenvalue weighted by atomic mass is 16.1. The number of hydrogen-bond donors (Lipinski definition) is 3. The first-order chi connectivity index (χ1) is 10.2. The summed E-state index contributed by atoms with van der Waals surface area (Å²) in [6, 6.07) is 15.1. The third-order valence-corrected chi connectivity index (χ3v) is 2.85. The predicted molar refractivity (Wildman–Crippen MR) is 78.1 cm³/mol. The van der Waals surface area contributed by atoms with Crippen molar-refractivity contribution in [3.05, 3.63) is 59.2 Å². The second-order valence-electron chi connectivity index (χ2n) is 4.13. The van der Waals surface area contributed by atoms with Gasteiger partial charge < -0.3 is 10.7 Å². The molecule has 0 aliphatic heterocycles. The molecular weight excluding hydrogens is 266 g/mol. The van der Waals surface area contributed by atoms with Crippen LogP contribution in [0.25, 0.3) is 0 Å². The maximum atomic E-state index is 12.2. The quantitative estimate of drug-likeness (QED) is 0.586. The molecule has 0 atom stereocenters. The van der Waals surface area contributed by atoms with E-state index in [1.807, 2.05) is 12.1 Å². The summed E-state index contributed by atoms with van der Waals surface area (Å²) >= 11 is 0. The number of nitriles is 2. The SMILES string of the molecule is N#Cc1ccc(NC(=O)c2ccccc2NN)cc1C#N. The minimum absolute atomic E-state index is 0.209. The molecule has 6 heteroatoms. The molecule has 4 N–H and O–H groups in total. The molecule has 0 heterocycles. The number of benzene rings is 2. The van der Waals surface area contributed by atoms with Gasteiger partial charge in [-0.05, 0) is 30.3 Å². The van der Waals surface area contributed by atoms with E-state index in [9.17, 15) is 4.79 Å². The van der Waals surface area contributed by atoms with Crippen LogP contribution in [0.2, 0.25) is 0 Å². The van der Waals surface area contributed by atoms with Gasteiger partial charge in [-0.15, -0.1) is 0 Å². The molecule has 0 saturated heterocycles. The van der Waals surface area contributed by atoms with Crippen LogP contribution in [0.5, 0.6) is 0 Å². The molecule has 0 aliphatic rings. The van der Waals surface area contributed by atoms with Crippen molar-refractivity contribution in [3.8, 4) is 12.1 Å². The summed E-state index contributed by atoms with van der Waals surface area (Å²) in [6.07, 6.45) is 0. The first-order valence-electron chi connectivity index (χ1n) is 6.01. The molecule has 0 aromatic heterocycles. The van der Waals surface area contributed by atoms with Crippen LogP contribution < -0.4 is 16.6 Å². The summed E-state index contributed by atoms with van der Waals surface area (Å²) in [7, 11) is 0. The average molecular weight is 277 g/mol. The average Bonchev–Trinajstić information content (AvgIpc) is 2.54. The van der Waals surface area contributed by atoms with Gasteiger partial charge in [0.2, 0.25) is 0 Å². The topological polar surface area (TPSA) is 115 Å². The molecule has 0 spiro atoms. The molecule has 0 aliphatic carbocycles. The maximum Gasteiger partial charge on any atom is 0.257 e. The number of hydrogen-bond acceptors (Lipinski definition) is 5. The van der Waals surface area contributed by atoms with Crippen LogP contribution in [0.3, 0.4) is 0 Å². The van der Waals surface area contributed by atoms with Crippen LogP contribution in [-0.2, 0) is 0 Å². The monoisotopic (exact) mass is 277 g/mol. The number of carbonyl (C=O) groups is 1. The van der Waals surface area contributed by atoms with E-state index in [0.717, 1.165) is 0 Å². The number of nitrogens with one attached hydrogen (secondary N) is 2. The largest absolute Gasteiger partial charge is 0.323 e. The second kappa shape index (κ2) is 6.20. The molecule has 0 unspecified atom stereocenters. The summed E-state index contributed by atoms with van der Waals surface area (Å²) < 4.78 is 0. The van der Waals surface area contributed by atoms with Gasteiger partial charge in [-0.3, -0.25) is 10.6 Å². The van der Waals surface area contributed by atoms with Gasteiger partial charge in [0.25, 0.3) is 5.91 Å². The number of amides is 1. The molecule has 2 aromatic carbocycles. The lowest BCUT2D eigenvalue weighted by Gasteiger charge is -2.09. The van der Waals surface area contributed by atoms with Gasteiger partial charge >= 0.3 is 0 Å². The Hall–Kier alpha value is -3.35. The van der Waals surface area contributed by atoms with Gasteiger partial charge in [0.1, 0.15) is 12.1 Å². The number of carbonyl (C=O) groups excluding carboxylic acids is 1. The van der Waals surface area contributed by atoms with E-state index < -0.39 is 0 Å². The normalized spacial score (nSPS) is 9.29. The van der Waals surface area contributed by atoms with Crippen molar-refractivity contribution in [1.82, 2.24) is 0 Å². The standard InChI is InChI=1S/C15H11N5O/c16-8-10-5-6-12(7-11(10)9-17)19-15(21)13-3-1-2-4-14(13)20-18/h1-7,20H,18H2,(H,19,21). The Kier molecular flexibility index (Phi) is 4.15. The molecular formula is C15H11N5O. The van der Waals surface area contributed by atoms with Crippen LogP contribution in [0.4, 0.5) is 11.4 Å². The van der Waals surface area contributed by atoms with E-state index in [2.05, 4.69) is 10.7 Å². The van der Waals surface area contributed by atoms with Crippen LogP contribution in [0, 0.1) is 22.7 Å². The molecule has 0 radical (unpaired) electrons. The van der Waals surface area contributed by atoms with Crippen molar-refractivity contribution >= 4 is 17.3 Å². The number of rotatable bonds is 3. The minimum Gasteiger partial charge on any atom is -0.323 e. The lowest BCUT2D eigenvalue weighted by molar-refractivity contribution is 0.102. The minimum atomic E-state index is -0.364. The fourth-order valence-electron chi connectivity index (χ4n) is 1.82. The molecule has 0 bridgehead atoms. The molecule has 0 saturated carbocycles. The predicted octanol–water partition coefficient (Wildman–Crippen LogP) is 1.97. The van der Waals surface area contributed by atoms with Gasteiger partial charge in [0.15, 0.2) is 0 Å². The van der Waals surface area contributed by atoms with Crippen molar-refractivity contribution in [1.29, 1.82) is 10.5 Å². The highest BCUT2D eigenvalue weighted by Crippen LogP contribution is 2.18. The molecule has 2 rings (SSSR count). The summed E-state index contributed by atoms with van der Waals surface area (Å²) in [5, 5.41) is 20.5. The number of nitrogen functional groups attached to an aromatic ring is 1. The number of anilines is 2. The Morgan fingerprint density at radius 2 is 1.76 bits per heavy atom. The van der Waals surface area contributed by atoms with E-state index in [0.29, 0.717) is 16.9 Å². The summed E-state index contributed by atoms with van der Waals surface area (Å²) in [5.41, 5.74) is 4.22. The third-order valence-electron chi connectivity index (χ3n) is 2.85. The lowest BCUT2D eigenvalue weighted by Crippen LogP contribution is -2.17. The fraction of sp³-hybridized carbons (Fsp3) is 0. The molecule has 21 heavy (non-hydrogen) atoms. The maximum absolute atomic E-state index is 12.2. The Morgan fingerprint density at radius 1 is 1.05 bits per heavy atom. The smallest absolute Gasteiger partial charge is 0.257 e. The van der Waals surface area contributed by atoms with Gasteiger partial charge in [-0.2, -0.15) is 10.5 Å². The van der Waals surface area contributed by atoms with Crippen molar-refractivity contribution in [2.24, 2.45) is 5.84 Å². The van der Waals surface area contributed by atoms with Crippen molar-refractivity contribution < 1.29 is 4.79 Å². The van der Waals surface area contributed by atoms with E-state index in [4.69, 9.17) is 16.4 Å². The van der Waals surface area contributed by atoms with Crippen LogP contribution in [-0.4, -0.2) is 5.91 Å². The Balaban J connectivity index is 2.29. The summed E-state index contributed by atoms with van der Waals surface area (Å²) in [6.45, 7) is 0. The molecule has 0 fully saturated rings. The van der Waals surface area contributed by atoms with Gasteiger partial charge in [0.05, 0.1) is 22.4 Å². The van der Waals surface area contributed by atoms with Gasteiger partial charge in [-0.25, -0.2) is 0 Å². The van der Waals surface area contributed by atoms with Crippen molar-refractivity contribution in [3.63, 3.8) is 0 Å². The first kappa shape index (κ1) is 14.1. The Labute approximate surface area is 121 Å². The van der Waals surface area contributed by atoms with E-state index in [1.54, 1.807) is 30.3 Å². The molecule has 2 aromatic rings.